The third kappa shape index (κ3) is 4.41. The number of carbonyl (C=O) groups is 1. The van der Waals surface area contributed by atoms with Gasteiger partial charge in [-0.3, -0.25) is 0 Å². The predicted molar refractivity (Wildman–Crippen MR) is 82.2 cm³/mol. The van der Waals surface area contributed by atoms with Crippen molar-refractivity contribution >= 4 is 23.3 Å². The standard InChI is InChI=1S/C15H15ClFN3O2/c1-15(22,10-2-4-11(17)5-3-10)9-19-14(21)20-12-6-7-13(16)18-8-12/h2-8,22H,9H2,1H3,(H2,19,20,21). The molecule has 2 aromatic rings. The maximum Gasteiger partial charge on any atom is 0.319 e. The summed E-state index contributed by atoms with van der Waals surface area (Å²) < 4.78 is 12.9. The number of urea groups is 1. The zero-order valence-electron chi connectivity index (χ0n) is 11.8. The smallest absolute Gasteiger partial charge is 0.319 e. The van der Waals surface area contributed by atoms with Gasteiger partial charge in [-0.15, -0.1) is 0 Å². The number of aliphatic hydroxyl groups is 1. The Morgan fingerprint density at radius 3 is 2.59 bits per heavy atom. The molecule has 2 rings (SSSR count). The number of rotatable bonds is 4. The van der Waals surface area contributed by atoms with E-state index in [1.807, 2.05) is 0 Å². The molecular weight excluding hydrogens is 309 g/mol. The molecule has 0 spiro atoms. The maximum atomic E-state index is 12.9. The Morgan fingerprint density at radius 2 is 2.00 bits per heavy atom. The molecule has 0 aliphatic heterocycles. The molecule has 0 radical (unpaired) electrons. The second kappa shape index (κ2) is 6.72. The monoisotopic (exact) mass is 323 g/mol. The number of pyridine rings is 1. The molecule has 1 atom stereocenters. The van der Waals surface area contributed by atoms with Crippen molar-refractivity contribution in [1.82, 2.24) is 10.3 Å². The van der Waals surface area contributed by atoms with Crippen molar-refractivity contribution in [2.45, 2.75) is 12.5 Å². The third-order valence-electron chi connectivity index (χ3n) is 3.04. The van der Waals surface area contributed by atoms with Crippen LogP contribution in [-0.2, 0) is 5.60 Å². The Labute approximate surface area is 132 Å². The van der Waals surface area contributed by atoms with Crippen LogP contribution in [0.3, 0.4) is 0 Å². The van der Waals surface area contributed by atoms with E-state index in [-0.39, 0.29) is 12.4 Å². The van der Waals surface area contributed by atoms with Crippen LogP contribution in [0.1, 0.15) is 12.5 Å². The van der Waals surface area contributed by atoms with Crippen molar-refractivity contribution in [1.29, 1.82) is 0 Å². The van der Waals surface area contributed by atoms with Gasteiger partial charge in [0.1, 0.15) is 16.6 Å². The summed E-state index contributed by atoms with van der Waals surface area (Å²) in [7, 11) is 0. The minimum atomic E-state index is -1.32. The average molecular weight is 324 g/mol. The molecule has 1 aromatic carbocycles. The second-order valence-corrected chi connectivity index (χ2v) is 5.35. The number of halogens is 2. The lowest BCUT2D eigenvalue weighted by atomic mass is 9.96. The molecule has 2 amide bonds. The topological polar surface area (TPSA) is 74.2 Å². The number of nitrogens with zero attached hydrogens (tertiary/aromatic N) is 1. The van der Waals surface area contributed by atoms with E-state index in [1.165, 1.54) is 37.4 Å². The summed E-state index contributed by atoms with van der Waals surface area (Å²) in [5, 5.41) is 15.8. The fourth-order valence-corrected chi connectivity index (χ4v) is 1.90. The Balaban J connectivity index is 1.92. The number of amides is 2. The van der Waals surface area contributed by atoms with E-state index < -0.39 is 11.6 Å². The van der Waals surface area contributed by atoms with Gasteiger partial charge in [-0.2, -0.15) is 0 Å². The SMILES string of the molecule is CC(O)(CNC(=O)Nc1ccc(Cl)nc1)c1ccc(F)cc1. The van der Waals surface area contributed by atoms with Gasteiger partial charge in [-0.25, -0.2) is 14.2 Å². The summed E-state index contributed by atoms with van der Waals surface area (Å²) in [6, 6.07) is 8.10. The number of aromatic nitrogens is 1. The summed E-state index contributed by atoms with van der Waals surface area (Å²) in [6.45, 7) is 1.50. The molecule has 1 unspecified atom stereocenters. The van der Waals surface area contributed by atoms with Gasteiger partial charge in [-0.1, -0.05) is 23.7 Å². The van der Waals surface area contributed by atoms with Crippen molar-refractivity contribution in [2.75, 3.05) is 11.9 Å². The van der Waals surface area contributed by atoms with E-state index >= 15 is 0 Å². The Bertz CT molecular complexity index is 645. The zero-order valence-corrected chi connectivity index (χ0v) is 12.6. The van der Waals surface area contributed by atoms with Crippen molar-refractivity contribution < 1.29 is 14.3 Å². The second-order valence-electron chi connectivity index (χ2n) is 4.96. The molecule has 0 aliphatic carbocycles. The minimum absolute atomic E-state index is 0.0362. The van der Waals surface area contributed by atoms with Crippen LogP contribution in [0, 0.1) is 5.82 Å². The molecule has 22 heavy (non-hydrogen) atoms. The first kappa shape index (κ1) is 16.2. The van der Waals surface area contributed by atoms with Crippen LogP contribution in [0.4, 0.5) is 14.9 Å². The fourth-order valence-electron chi connectivity index (χ4n) is 1.79. The van der Waals surface area contributed by atoms with Gasteiger partial charge in [0, 0.05) is 0 Å². The number of hydrogen-bond acceptors (Lipinski definition) is 3. The number of anilines is 1. The molecule has 1 heterocycles. The molecule has 3 N–H and O–H groups in total. The molecule has 5 nitrogen and oxygen atoms in total. The largest absolute Gasteiger partial charge is 0.384 e. The van der Waals surface area contributed by atoms with Crippen LogP contribution >= 0.6 is 11.6 Å². The molecule has 116 valence electrons. The molecule has 0 fully saturated rings. The van der Waals surface area contributed by atoms with E-state index in [0.29, 0.717) is 16.4 Å². The molecule has 0 bridgehead atoms. The number of carbonyl (C=O) groups excluding carboxylic acids is 1. The van der Waals surface area contributed by atoms with Gasteiger partial charge in [0.15, 0.2) is 0 Å². The lowest BCUT2D eigenvalue weighted by molar-refractivity contribution is 0.0599. The number of hydrogen-bond donors (Lipinski definition) is 3. The molecule has 0 aliphatic rings. The van der Waals surface area contributed by atoms with Gasteiger partial charge < -0.3 is 15.7 Å². The van der Waals surface area contributed by atoms with Crippen molar-refractivity contribution in [3.8, 4) is 0 Å². The summed E-state index contributed by atoms with van der Waals surface area (Å²) in [4.78, 5) is 15.6. The van der Waals surface area contributed by atoms with Crippen LogP contribution in [-0.4, -0.2) is 22.7 Å². The lowest BCUT2D eigenvalue weighted by Gasteiger charge is -2.24. The van der Waals surface area contributed by atoms with E-state index in [1.54, 1.807) is 12.1 Å². The number of benzene rings is 1. The highest BCUT2D eigenvalue weighted by Crippen LogP contribution is 2.20. The first-order valence-electron chi connectivity index (χ1n) is 6.52. The van der Waals surface area contributed by atoms with Crippen LogP contribution in [0.5, 0.6) is 0 Å². The van der Waals surface area contributed by atoms with Crippen LogP contribution in [0.25, 0.3) is 0 Å². The maximum absolute atomic E-state index is 12.9. The van der Waals surface area contributed by atoms with Crippen LogP contribution < -0.4 is 10.6 Å². The quantitative estimate of drug-likeness (QED) is 0.757. The highest BCUT2D eigenvalue weighted by Gasteiger charge is 2.23. The van der Waals surface area contributed by atoms with Gasteiger partial charge in [0.2, 0.25) is 0 Å². The normalized spacial score (nSPS) is 13.3. The highest BCUT2D eigenvalue weighted by atomic mass is 35.5. The van der Waals surface area contributed by atoms with Gasteiger partial charge in [-0.05, 0) is 36.8 Å². The van der Waals surface area contributed by atoms with Crippen LogP contribution in [0.15, 0.2) is 42.6 Å². The predicted octanol–water partition coefficient (Wildman–Crippen LogP) is 2.90. The van der Waals surface area contributed by atoms with E-state index in [9.17, 15) is 14.3 Å². The lowest BCUT2D eigenvalue weighted by Crippen LogP contribution is -2.40. The fraction of sp³-hybridized carbons (Fsp3) is 0.200. The molecule has 7 heteroatoms. The van der Waals surface area contributed by atoms with E-state index in [0.717, 1.165) is 0 Å². The highest BCUT2D eigenvalue weighted by molar-refractivity contribution is 6.29. The summed E-state index contributed by atoms with van der Waals surface area (Å²) in [5.74, 6) is -0.388. The zero-order chi connectivity index (χ0) is 16.2. The van der Waals surface area contributed by atoms with E-state index in [2.05, 4.69) is 15.6 Å². The molecule has 0 saturated heterocycles. The van der Waals surface area contributed by atoms with Crippen LogP contribution in [0.2, 0.25) is 5.15 Å². The third-order valence-corrected chi connectivity index (χ3v) is 3.27. The minimum Gasteiger partial charge on any atom is -0.384 e. The van der Waals surface area contributed by atoms with Crippen molar-refractivity contribution in [2.24, 2.45) is 0 Å². The molecule has 0 saturated carbocycles. The Morgan fingerprint density at radius 1 is 1.32 bits per heavy atom. The summed E-state index contributed by atoms with van der Waals surface area (Å²) in [6.07, 6.45) is 1.42. The van der Waals surface area contributed by atoms with Crippen molar-refractivity contribution in [3.05, 3.63) is 59.1 Å². The summed E-state index contributed by atoms with van der Waals surface area (Å²) in [5.41, 5.74) is -0.339. The average Bonchev–Trinajstić information content (AvgIpc) is 2.48. The first-order valence-corrected chi connectivity index (χ1v) is 6.89. The van der Waals surface area contributed by atoms with Gasteiger partial charge in [0.05, 0.1) is 18.4 Å². The molecular formula is C15H15ClFN3O2. The Hall–Kier alpha value is -2.18. The van der Waals surface area contributed by atoms with E-state index in [4.69, 9.17) is 11.6 Å². The Kier molecular flexibility index (Phi) is 4.95. The van der Waals surface area contributed by atoms with Crippen molar-refractivity contribution in [3.63, 3.8) is 0 Å². The first-order chi connectivity index (χ1) is 10.4. The van der Waals surface area contributed by atoms with Gasteiger partial charge >= 0.3 is 6.03 Å². The number of nitrogens with one attached hydrogen (secondary N) is 2. The molecule has 1 aromatic heterocycles. The van der Waals surface area contributed by atoms with Gasteiger partial charge in [0.25, 0.3) is 0 Å². The summed E-state index contributed by atoms with van der Waals surface area (Å²) >= 11 is 5.65.